The third-order valence-corrected chi connectivity index (χ3v) is 7.18. The van der Waals surface area contributed by atoms with Gasteiger partial charge >= 0.3 is 6.09 Å². The second-order valence-electron chi connectivity index (χ2n) is 10.2. The number of hydrogen-bond acceptors (Lipinski definition) is 3. The van der Waals surface area contributed by atoms with E-state index in [0.717, 1.165) is 50.1 Å². The number of benzene rings is 1. The fraction of sp³-hybridized carbons (Fsp3) is 0.667. The quantitative estimate of drug-likeness (QED) is 0.598. The Labute approximate surface area is 184 Å². The molecule has 2 aliphatic heterocycles. The molecule has 6 heteroatoms. The lowest BCUT2D eigenvalue weighted by Crippen LogP contribution is -2.63. The summed E-state index contributed by atoms with van der Waals surface area (Å²) in [6, 6.07) is 8.18. The van der Waals surface area contributed by atoms with Crippen LogP contribution in [-0.4, -0.2) is 47.0 Å². The van der Waals surface area contributed by atoms with Gasteiger partial charge in [-0.25, -0.2) is 4.79 Å². The van der Waals surface area contributed by atoms with Crippen LogP contribution in [0.15, 0.2) is 24.3 Å². The molecular formula is C24H33ClN2O3. The van der Waals surface area contributed by atoms with Gasteiger partial charge in [-0.2, -0.15) is 0 Å². The Morgan fingerprint density at radius 3 is 2.30 bits per heavy atom. The molecule has 1 aromatic rings. The van der Waals surface area contributed by atoms with Gasteiger partial charge in [-0.15, -0.1) is 0 Å². The number of halogens is 1. The highest BCUT2D eigenvalue weighted by Gasteiger charge is 2.61. The van der Waals surface area contributed by atoms with E-state index in [-0.39, 0.29) is 17.6 Å². The number of ether oxygens (including phenoxy) is 1. The Bertz CT molecular complexity index is 788. The highest BCUT2D eigenvalue weighted by Crippen LogP contribution is 2.59. The molecule has 1 saturated carbocycles. The van der Waals surface area contributed by atoms with Crippen molar-refractivity contribution >= 4 is 23.6 Å². The number of carbonyl (C=O) groups is 2. The predicted molar refractivity (Wildman–Crippen MR) is 117 cm³/mol. The van der Waals surface area contributed by atoms with E-state index in [2.05, 4.69) is 17.0 Å². The SMILES string of the molecule is CC(C)(C)OC(=O)N1CCC(CN2C(=O)C3(CCCC3)C2c2ccc(Cl)cc2)CC1. The van der Waals surface area contributed by atoms with Crippen LogP contribution < -0.4 is 0 Å². The van der Waals surface area contributed by atoms with Crippen LogP contribution >= 0.6 is 11.6 Å². The lowest BCUT2D eigenvalue weighted by molar-refractivity contribution is -0.175. The first-order chi connectivity index (χ1) is 14.2. The van der Waals surface area contributed by atoms with Crippen LogP contribution in [0.5, 0.6) is 0 Å². The first-order valence-corrected chi connectivity index (χ1v) is 11.6. The summed E-state index contributed by atoms with van der Waals surface area (Å²) in [6.07, 6.45) is 5.84. The van der Waals surface area contributed by atoms with Gasteiger partial charge in [0.1, 0.15) is 5.60 Å². The van der Waals surface area contributed by atoms with Crippen LogP contribution in [0.4, 0.5) is 4.79 Å². The summed E-state index contributed by atoms with van der Waals surface area (Å²) < 4.78 is 5.50. The fourth-order valence-electron chi connectivity index (χ4n) is 5.48. The predicted octanol–water partition coefficient (Wildman–Crippen LogP) is 5.43. The molecule has 2 amide bonds. The minimum atomic E-state index is -0.473. The normalized spacial score (nSPS) is 24.3. The minimum absolute atomic E-state index is 0.161. The smallest absolute Gasteiger partial charge is 0.410 e. The van der Waals surface area contributed by atoms with Crippen molar-refractivity contribution in [1.29, 1.82) is 0 Å². The molecule has 3 aliphatic rings. The zero-order valence-corrected chi connectivity index (χ0v) is 19.1. The van der Waals surface area contributed by atoms with Crippen LogP contribution in [-0.2, 0) is 9.53 Å². The molecule has 2 saturated heterocycles. The Morgan fingerprint density at radius 2 is 1.73 bits per heavy atom. The highest BCUT2D eigenvalue weighted by molar-refractivity contribution is 6.30. The molecule has 5 nitrogen and oxygen atoms in total. The van der Waals surface area contributed by atoms with E-state index in [4.69, 9.17) is 16.3 Å². The van der Waals surface area contributed by atoms with Gasteiger partial charge < -0.3 is 14.5 Å². The zero-order valence-electron chi connectivity index (χ0n) is 18.3. The van der Waals surface area contributed by atoms with Crippen molar-refractivity contribution in [3.05, 3.63) is 34.9 Å². The van der Waals surface area contributed by atoms with Crippen molar-refractivity contribution in [2.24, 2.45) is 11.3 Å². The molecule has 1 atom stereocenters. The Kier molecular flexibility index (Phi) is 5.78. The summed E-state index contributed by atoms with van der Waals surface area (Å²) >= 11 is 6.11. The van der Waals surface area contributed by atoms with E-state index in [9.17, 15) is 9.59 Å². The van der Waals surface area contributed by atoms with Crippen molar-refractivity contribution in [3.63, 3.8) is 0 Å². The number of β-lactam (4-membered cyclic amide) rings is 1. The summed E-state index contributed by atoms with van der Waals surface area (Å²) in [5, 5.41) is 0.728. The average Bonchev–Trinajstić information content (AvgIpc) is 3.20. The summed E-state index contributed by atoms with van der Waals surface area (Å²) in [6.45, 7) is 7.83. The number of amides is 2. The largest absolute Gasteiger partial charge is 0.444 e. The van der Waals surface area contributed by atoms with Gasteiger partial charge in [-0.05, 0) is 70.1 Å². The summed E-state index contributed by atoms with van der Waals surface area (Å²) in [4.78, 5) is 29.5. The molecule has 4 rings (SSSR count). The molecule has 0 aromatic heterocycles. The third kappa shape index (κ3) is 4.05. The van der Waals surface area contributed by atoms with Gasteiger partial charge in [-0.1, -0.05) is 36.6 Å². The van der Waals surface area contributed by atoms with E-state index >= 15 is 0 Å². The maximum atomic E-state index is 13.3. The molecule has 2 heterocycles. The molecular weight excluding hydrogens is 400 g/mol. The molecule has 1 spiro atoms. The van der Waals surface area contributed by atoms with Gasteiger partial charge in [0, 0.05) is 24.7 Å². The molecule has 1 aromatic carbocycles. The molecule has 1 unspecified atom stereocenters. The van der Waals surface area contributed by atoms with Gasteiger partial charge in [0.25, 0.3) is 0 Å². The summed E-state index contributed by atoms with van der Waals surface area (Å²) in [7, 11) is 0. The lowest BCUT2D eigenvalue weighted by Gasteiger charge is -2.56. The Morgan fingerprint density at radius 1 is 1.13 bits per heavy atom. The molecule has 0 bridgehead atoms. The number of hydrogen-bond donors (Lipinski definition) is 0. The second-order valence-corrected chi connectivity index (χ2v) is 10.6. The van der Waals surface area contributed by atoms with Crippen molar-refractivity contribution in [2.45, 2.75) is 70.9 Å². The van der Waals surface area contributed by atoms with Crippen LogP contribution in [0.3, 0.4) is 0 Å². The molecule has 0 N–H and O–H groups in total. The monoisotopic (exact) mass is 432 g/mol. The second kappa shape index (κ2) is 8.07. The van der Waals surface area contributed by atoms with Crippen LogP contribution in [0, 0.1) is 11.3 Å². The van der Waals surface area contributed by atoms with Crippen molar-refractivity contribution in [1.82, 2.24) is 9.80 Å². The lowest BCUT2D eigenvalue weighted by atomic mass is 9.66. The first kappa shape index (κ1) is 21.5. The van der Waals surface area contributed by atoms with Crippen LogP contribution in [0.2, 0.25) is 5.02 Å². The number of likely N-dealkylation sites (tertiary alicyclic amines) is 2. The van der Waals surface area contributed by atoms with E-state index < -0.39 is 5.60 Å². The third-order valence-electron chi connectivity index (χ3n) is 6.92. The topological polar surface area (TPSA) is 49.9 Å². The number of piperidine rings is 1. The summed E-state index contributed by atoms with van der Waals surface area (Å²) in [5.74, 6) is 0.746. The molecule has 164 valence electrons. The van der Waals surface area contributed by atoms with Gasteiger partial charge in [0.05, 0.1) is 11.5 Å². The number of rotatable bonds is 3. The highest BCUT2D eigenvalue weighted by atomic mass is 35.5. The Hall–Kier alpha value is -1.75. The molecule has 0 radical (unpaired) electrons. The van der Waals surface area contributed by atoms with Crippen molar-refractivity contribution in [2.75, 3.05) is 19.6 Å². The first-order valence-electron chi connectivity index (χ1n) is 11.2. The van der Waals surface area contributed by atoms with Crippen LogP contribution in [0.1, 0.15) is 70.9 Å². The van der Waals surface area contributed by atoms with Crippen molar-refractivity contribution < 1.29 is 14.3 Å². The molecule has 30 heavy (non-hydrogen) atoms. The fourth-order valence-corrected chi connectivity index (χ4v) is 5.61. The minimum Gasteiger partial charge on any atom is -0.444 e. The van der Waals surface area contributed by atoms with E-state index in [1.165, 1.54) is 5.56 Å². The average molecular weight is 433 g/mol. The van der Waals surface area contributed by atoms with Crippen molar-refractivity contribution in [3.8, 4) is 0 Å². The van der Waals surface area contributed by atoms with Gasteiger partial charge in [0.15, 0.2) is 0 Å². The van der Waals surface area contributed by atoms with E-state index in [1.54, 1.807) is 4.90 Å². The maximum Gasteiger partial charge on any atom is 0.410 e. The zero-order chi connectivity index (χ0) is 21.5. The molecule has 1 aliphatic carbocycles. The Balaban J connectivity index is 1.41. The van der Waals surface area contributed by atoms with Crippen LogP contribution in [0.25, 0.3) is 0 Å². The number of carbonyl (C=O) groups excluding carboxylic acids is 2. The molecule has 3 fully saturated rings. The van der Waals surface area contributed by atoms with Gasteiger partial charge in [-0.3, -0.25) is 4.79 Å². The van der Waals surface area contributed by atoms with E-state index in [1.807, 2.05) is 32.9 Å². The van der Waals surface area contributed by atoms with Gasteiger partial charge in [0.2, 0.25) is 5.91 Å². The summed E-state index contributed by atoms with van der Waals surface area (Å²) in [5.41, 5.74) is 0.525. The standard InChI is InChI=1S/C24H33ClN2O3/c1-23(2,3)30-22(29)26-14-10-17(11-15-26)16-27-20(18-6-8-19(25)9-7-18)24(21(27)28)12-4-5-13-24/h6-9,17,20H,4-5,10-16H2,1-3H3. The maximum absolute atomic E-state index is 13.3. The van der Waals surface area contributed by atoms with E-state index in [0.29, 0.717) is 24.9 Å². The number of nitrogens with zero attached hydrogens (tertiary/aromatic N) is 2.